The van der Waals surface area contributed by atoms with E-state index >= 15 is 0 Å². The van der Waals surface area contributed by atoms with E-state index in [0.717, 1.165) is 29.8 Å². The molecule has 3 aromatic rings. The van der Waals surface area contributed by atoms with Crippen LogP contribution in [0, 0.1) is 0 Å². The largest absolute Gasteiger partial charge is 0.466 e. The summed E-state index contributed by atoms with van der Waals surface area (Å²) in [5, 5.41) is 27.3. The molecule has 7 unspecified atom stereocenters. The number of hydrogen-bond acceptors (Lipinski definition) is 11. The van der Waals surface area contributed by atoms with Gasteiger partial charge in [0, 0.05) is 30.7 Å². The highest BCUT2D eigenvalue weighted by Crippen LogP contribution is 2.45. The van der Waals surface area contributed by atoms with Crippen molar-refractivity contribution in [1.82, 2.24) is 10.6 Å². The van der Waals surface area contributed by atoms with Gasteiger partial charge in [-0.05, 0) is 42.3 Å². The summed E-state index contributed by atoms with van der Waals surface area (Å²) in [5.41, 5.74) is 2.22. The van der Waals surface area contributed by atoms with E-state index in [4.69, 9.17) is 18.9 Å². The number of carbonyl (C=O) groups is 4. The molecule has 4 rings (SSSR count). The van der Waals surface area contributed by atoms with Crippen molar-refractivity contribution in [3.63, 3.8) is 0 Å². The van der Waals surface area contributed by atoms with Crippen molar-refractivity contribution in [2.45, 2.75) is 73.8 Å². The van der Waals surface area contributed by atoms with E-state index < -0.39 is 65.4 Å². The Kier molecular flexibility index (Phi) is 12.7. The summed E-state index contributed by atoms with van der Waals surface area (Å²) in [4.78, 5) is 50.1. The number of hydrogen-bond donors (Lipinski definition) is 4. The summed E-state index contributed by atoms with van der Waals surface area (Å²) < 4.78 is 23.0. The van der Waals surface area contributed by atoms with Gasteiger partial charge in [-0.3, -0.25) is 14.4 Å². The molecule has 0 aromatic heterocycles. The lowest BCUT2D eigenvalue weighted by Crippen LogP contribution is -2.67. The first kappa shape index (κ1) is 36.6. The summed E-state index contributed by atoms with van der Waals surface area (Å²) in [7, 11) is 1.17. The molecule has 7 atom stereocenters. The fourth-order valence-electron chi connectivity index (χ4n) is 5.50. The number of ether oxygens (including phenoxy) is 4. The van der Waals surface area contributed by atoms with E-state index in [0.29, 0.717) is 10.5 Å². The topological polar surface area (TPSA) is 170 Å². The quantitative estimate of drug-likeness (QED) is 0.155. The van der Waals surface area contributed by atoms with Gasteiger partial charge in [0.15, 0.2) is 6.29 Å². The number of rotatable bonds is 13. The molecule has 1 fully saturated rings. The number of methoxy groups -OCH3 is 1. The van der Waals surface area contributed by atoms with Crippen LogP contribution in [-0.4, -0.2) is 89.3 Å². The van der Waals surface area contributed by atoms with E-state index in [1.807, 2.05) is 30.3 Å². The second kappa shape index (κ2) is 16.7. The second-order valence-corrected chi connectivity index (χ2v) is 12.6. The lowest BCUT2D eigenvalue weighted by Gasteiger charge is -2.48. The minimum Gasteiger partial charge on any atom is -0.466 e. The molecule has 256 valence electrons. The van der Waals surface area contributed by atoms with Gasteiger partial charge in [-0.1, -0.05) is 72.4 Å². The van der Waals surface area contributed by atoms with Crippen molar-refractivity contribution in [2.24, 2.45) is 0 Å². The van der Waals surface area contributed by atoms with E-state index in [-0.39, 0.29) is 13.0 Å². The van der Waals surface area contributed by atoms with Crippen LogP contribution in [0.25, 0.3) is 11.1 Å². The van der Waals surface area contributed by atoms with Crippen LogP contribution in [0.5, 0.6) is 0 Å². The SMILES string of the molecule is COC(=O)C1(Sc2ccccc2)CC(O)C(NC(C)=O)C(C(OC(C)O)C(CNC(=O)c2ccc(-c3ccccc3)cc2)OC(C)=O)O1. The number of esters is 2. The molecule has 48 heavy (non-hydrogen) atoms. The van der Waals surface area contributed by atoms with Crippen molar-refractivity contribution in [2.75, 3.05) is 13.7 Å². The van der Waals surface area contributed by atoms with Gasteiger partial charge in [0.2, 0.25) is 10.8 Å². The van der Waals surface area contributed by atoms with Gasteiger partial charge >= 0.3 is 11.9 Å². The molecule has 1 aliphatic rings. The first-order chi connectivity index (χ1) is 22.9. The van der Waals surface area contributed by atoms with Crippen LogP contribution >= 0.6 is 11.8 Å². The normalized spacial score (nSPS) is 22.4. The third kappa shape index (κ3) is 9.42. The van der Waals surface area contributed by atoms with Crippen molar-refractivity contribution >= 4 is 35.5 Å². The Bertz CT molecular complexity index is 1540. The zero-order valence-corrected chi connectivity index (χ0v) is 27.8. The molecule has 0 aliphatic carbocycles. The van der Waals surface area contributed by atoms with E-state index in [9.17, 15) is 29.4 Å². The Morgan fingerprint density at radius 1 is 0.958 bits per heavy atom. The minimum atomic E-state index is -1.85. The summed E-state index contributed by atoms with van der Waals surface area (Å²) in [5.74, 6) is -2.59. The molecule has 12 nitrogen and oxygen atoms in total. The van der Waals surface area contributed by atoms with Crippen LogP contribution in [-0.2, 0) is 33.3 Å². The van der Waals surface area contributed by atoms with Gasteiger partial charge in [-0.2, -0.15) is 0 Å². The molecule has 1 saturated heterocycles. The van der Waals surface area contributed by atoms with Gasteiger partial charge in [-0.15, -0.1) is 0 Å². The van der Waals surface area contributed by atoms with Crippen molar-refractivity contribution in [3.05, 3.63) is 90.5 Å². The van der Waals surface area contributed by atoms with Crippen LogP contribution in [0.3, 0.4) is 0 Å². The number of carbonyl (C=O) groups excluding carboxylic acids is 4. The van der Waals surface area contributed by atoms with Crippen LogP contribution in [0.1, 0.15) is 37.6 Å². The molecule has 4 N–H and O–H groups in total. The lowest BCUT2D eigenvalue weighted by atomic mass is 9.89. The Labute approximate surface area is 283 Å². The molecule has 0 spiro atoms. The zero-order valence-electron chi connectivity index (χ0n) is 27.0. The van der Waals surface area contributed by atoms with Crippen LogP contribution in [0.15, 0.2) is 89.8 Å². The zero-order chi connectivity index (χ0) is 34.8. The average Bonchev–Trinajstić information content (AvgIpc) is 3.06. The number of benzene rings is 3. The maximum absolute atomic E-state index is 13.4. The van der Waals surface area contributed by atoms with Gasteiger partial charge < -0.3 is 39.8 Å². The first-order valence-corrected chi connectivity index (χ1v) is 16.1. The molecule has 1 heterocycles. The lowest BCUT2D eigenvalue weighted by molar-refractivity contribution is -0.242. The highest BCUT2D eigenvalue weighted by molar-refractivity contribution is 8.01. The van der Waals surface area contributed by atoms with Crippen molar-refractivity contribution < 1.29 is 48.3 Å². The van der Waals surface area contributed by atoms with Gasteiger partial charge in [-0.25, -0.2) is 4.79 Å². The molecule has 13 heteroatoms. The number of aliphatic hydroxyl groups excluding tert-OH is 2. The number of aliphatic hydroxyl groups is 2. The monoisotopic (exact) mass is 680 g/mol. The summed E-state index contributed by atoms with van der Waals surface area (Å²) in [6, 6.07) is 24.2. The van der Waals surface area contributed by atoms with E-state index in [1.165, 1.54) is 21.0 Å². The standard InChI is InChI=1S/C35H40N2O10S/c1-21(38)37-30-28(41)19-35(34(43)44-4,48-27-13-9-6-10-14-27)47-32(30)31(46-23(3)40)29(45-22(2)39)20-36-33(42)26-17-15-25(16-18-26)24-11-7-5-8-12-24/h5-18,23,28-32,40-41H,19-20H2,1-4H3,(H,36,42)(H,37,38). The smallest absolute Gasteiger partial charge is 0.349 e. The number of thioether (sulfide) groups is 1. The van der Waals surface area contributed by atoms with Crippen LogP contribution < -0.4 is 10.6 Å². The fourth-order valence-corrected chi connectivity index (χ4v) is 6.76. The maximum atomic E-state index is 13.4. The molecule has 3 aromatic carbocycles. The van der Waals surface area contributed by atoms with E-state index in [2.05, 4.69) is 10.6 Å². The highest BCUT2D eigenvalue weighted by atomic mass is 32.2. The number of nitrogens with one attached hydrogen (secondary N) is 2. The third-order valence-corrected chi connectivity index (χ3v) is 8.81. The van der Waals surface area contributed by atoms with Crippen molar-refractivity contribution in [3.8, 4) is 11.1 Å². The predicted molar refractivity (Wildman–Crippen MR) is 176 cm³/mol. The molecule has 2 amide bonds. The molecule has 0 bridgehead atoms. The van der Waals surface area contributed by atoms with Gasteiger partial charge in [0.05, 0.1) is 25.8 Å². The molecule has 0 radical (unpaired) electrons. The van der Waals surface area contributed by atoms with Crippen molar-refractivity contribution in [1.29, 1.82) is 0 Å². The molecule has 0 saturated carbocycles. The Balaban J connectivity index is 1.67. The molecular formula is C35H40N2O10S. The molecule has 1 aliphatic heterocycles. The fraction of sp³-hybridized carbons (Fsp3) is 0.371. The maximum Gasteiger partial charge on any atom is 0.349 e. The number of amides is 2. The Morgan fingerprint density at radius 3 is 2.12 bits per heavy atom. The van der Waals surface area contributed by atoms with Crippen LogP contribution in [0.4, 0.5) is 0 Å². The van der Waals surface area contributed by atoms with E-state index in [1.54, 1.807) is 54.6 Å². The van der Waals surface area contributed by atoms with Gasteiger partial charge in [0.25, 0.3) is 5.91 Å². The minimum absolute atomic E-state index is 0.296. The summed E-state index contributed by atoms with van der Waals surface area (Å²) >= 11 is 0.985. The second-order valence-electron chi connectivity index (χ2n) is 11.2. The first-order valence-electron chi connectivity index (χ1n) is 15.3. The van der Waals surface area contributed by atoms with Gasteiger partial charge in [0.1, 0.15) is 18.3 Å². The molecular weight excluding hydrogens is 640 g/mol. The van der Waals surface area contributed by atoms with Crippen LogP contribution in [0.2, 0.25) is 0 Å². The Morgan fingerprint density at radius 2 is 1.56 bits per heavy atom. The Hall–Kier alpha value is -4.27. The predicted octanol–water partition coefficient (Wildman–Crippen LogP) is 3.05. The summed E-state index contributed by atoms with van der Waals surface area (Å²) in [6.45, 7) is 3.38. The third-order valence-electron chi connectivity index (χ3n) is 7.54. The average molecular weight is 681 g/mol. The summed E-state index contributed by atoms with van der Waals surface area (Å²) in [6.07, 6.45) is -7.32. The highest BCUT2D eigenvalue weighted by Gasteiger charge is 2.57.